The summed E-state index contributed by atoms with van der Waals surface area (Å²) < 4.78 is 0. The molecule has 2 heteroatoms. The number of hydrogen-bond donors (Lipinski definition) is 0. The van der Waals surface area contributed by atoms with Crippen LogP contribution in [0.3, 0.4) is 0 Å². The highest BCUT2D eigenvalue weighted by molar-refractivity contribution is 4.92. The summed E-state index contributed by atoms with van der Waals surface area (Å²) in [6.07, 6.45) is 4.85. The molecule has 2 atom stereocenters. The molecule has 0 spiro atoms. The van der Waals surface area contributed by atoms with E-state index in [9.17, 15) is 4.91 Å². The van der Waals surface area contributed by atoms with Gasteiger partial charge in [0.15, 0.2) is 0 Å². The monoisotopic (exact) mass is 153 g/mol. The molecule has 11 heavy (non-hydrogen) atoms. The van der Waals surface area contributed by atoms with E-state index in [4.69, 9.17) is 0 Å². The molecule has 2 aliphatic rings. The van der Waals surface area contributed by atoms with Gasteiger partial charge in [-0.2, -0.15) is 4.91 Å². The van der Waals surface area contributed by atoms with E-state index in [1.807, 2.05) is 0 Å². The zero-order valence-corrected chi connectivity index (χ0v) is 6.99. The van der Waals surface area contributed by atoms with Gasteiger partial charge in [-0.15, -0.1) is 0 Å². The van der Waals surface area contributed by atoms with Gasteiger partial charge in [0.2, 0.25) is 0 Å². The predicted octanol–water partition coefficient (Wildman–Crippen LogP) is 2.58. The Morgan fingerprint density at radius 3 is 2.09 bits per heavy atom. The van der Waals surface area contributed by atoms with E-state index in [0.29, 0.717) is 0 Å². The van der Waals surface area contributed by atoms with Crippen molar-refractivity contribution in [3.8, 4) is 0 Å². The van der Waals surface area contributed by atoms with Crippen LogP contribution in [0.1, 0.15) is 32.6 Å². The smallest absolute Gasteiger partial charge is 0.0925 e. The van der Waals surface area contributed by atoms with Gasteiger partial charge in [0.25, 0.3) is 0 Å². The fraction of sp³-hybridized carbons (Fsp3) is 1.00. The minimum Gasteiger partial charge on any atom is -0.151 e. The first-order valence-electron chi connectivity index (χ1n) is 4.62. The van der Waals surface area contributed by atoms with Crippen molar-refractivity contribution in [1.82, 2.24) is 0 Å². The van der Waals surface area contributed by atoms with E-state index in [0.717, 1.165) is 30.6 Å². The molecule has 0 aromatic rings. The molecule has 0 heterocycles. The Hall–Kier alpha value is -0.400. The molecule has 2 rings (SSSR count). The maximum atomic E-state index is 10.3. The summed E-state index contributed by atoms with van der Waals surface area (Å²) >= 11 is 0. The average molecular weight is 153 g/mol. The second-order valence-electron chi connectivity index (χ2n) is 4.33. The molecular weight excluding hydrogens is 138 g/mol. The number of hydrogen-bond acceptors (Lipinski definition) is 2. The van der Waals surface area contributed by atoms with Crippen molar-refractivity contribution in [2.75, 3.05) is 0 Å². The Morgan fingerprint density at radius 2 is 1.64 bits per heavy atom. The molecule has 0 N–H and O–H groups in total. The Balaban J connectivity index is 1.98. The van der Waals surface area contributed by atoms with Crippen LogP contribution in [0.5, 0.6) is 0 Å². The van der Waals surface area contributed by atoms with Crippen LogP contribution in [-0.4, -0.2) is 6.04 Å². The fourth-order valence-corrected chi connectivity index (χ4v) is 2.97. The summed E-state index contributed by atoms with van der Waals surface area (Å²) in [5.41, 5.74) is 0. The second kappa shape index (κ2) is 2.58. The first-order chi connectivity index (χ1) is 5.29. The van der Waals surface area contributed by atoms with Crippen molar-refractivity contribution in [1.29, 1.82) is 0 Å². The zero-order valence-electron chi connectivity index (χ0n) is 6.99. The van der Waals surface area contributed by atoms with E-state index >= 15 is 0 Å². The SMILES string of the molecule is C[C@H]1CC2C[C@@H](N=O)CC2C1. The van der Waals surface area contributed by atoms with Crippen LogP contribution in [0.25, 0.3) is 0 Å². The zero-order chi connectivity index (χ0) is 7.84. The molecule has 0 radical (unpaired) electrons. The van der Waals surface area contributed by atoms with Crippen LogP contribution < -0.4 is 0 Å². The van der Waals surface area contributed by atoms with Crippen molar-refractivity contribution in [3.63, 3.8) is 0 Å². The molecule has 0 aromatic carbocycles. The third kappa shape index (κ3) is 1.19. The van der Waals surface area contributed by atoms with E-state index < -0.39 is 0 Å². The standard InChI is InChI=1S/C9H15NO/c1-6-2-7-4-9(10-11)5-8(7)3-6/h6-9H,2-5H2,1H3/t6-,7?,8?,9+. The van der Waals surface area contributed by atoms with Gasteiger partial charge in [0.1, 0.15) is 0 Å². The summed E-state index contributed by atoms with van der Waals surface area (Å²) in [6.45, 7) is 2.32. The highest BCUT2D eigenvalue weighted by Gasteiger charge is 2.40. The summed E-state index contributed by atoms with van der Waals surface area (Å²) in [7, 11) is 0. The molecule has 2 aliphatic carbocycles. The molecule has 0 amide bonds. The van der Waals surface area contributed by atoms with E-state index in [1.165, 1.54) is 12.8 Å². The van der Waals surface area contributed by atoms with Gasteiger partial charge in [-0.1, -0.05) is 12.1 Å². The van der Waals surface area contributed by atoms with Crippen LogP contribution in [-0.2, 0) is 0 Å². The molecule has 62 valence electrons. The molecule has 0 aromatic heterocycles. The highest BCUT2D eigenvalue weighted by Crippen LogP contribution is 2.47. The number of nitrogens with zero attached hydrogens (tertiary/aromatic N) is 1. The van der Waals surface area contributed by atoms with Crippen LogP contribution in [0.2, 0.25) is 0 Å². The Labute approximate surface area is 67.3 Å². The van der Waals surface area contributed by atoms with Crippen molar-refractivity contribution >= 4 is 0 Å². The Morgan fingerprint density at radius 1 is 1.09 bits per heavy atom. The minimum absolute atomic E-state index is 0.164. The highest BCUT2D eigenvalue weighted by atomic mass is 16.3. The first-order valence-corrected chi connectivity index (χ1v) is 4.62. The molecular formula is C9H15NO. The maximum absolute atomic E-state index is 10.3. The quantitative estimate of drug-likeness (QED) is 0.532. The van der Waals surface area contributed by atoms with Gasteiger partial charge >= 0.3 is 0 Å². The average Bonchev–Trinajstić information content (AvgIpc) is 2.43. The van der Waals surface area contributed by atoms with Gasteiger partial charge in [0, 0.05) is 0 Å². The van der Waals surface area contributed by atoms with Gasteiger partial charge in [-0.3, -0.25) is 0 Å². The Kier molecular flexibility index (Phi) is 1.70. The van der Waals surface area contributed by atoms with Crippen LogP contribution in [0, 0.1) is 22.7 Å². The van der Waals surface area contributed by atoms with Gasteiger partial charge in [-0.25, -0.2) is 0 Å². The molecule has 0 bridgehead atoms. The number of fused-ring (bicyclic) bond motifs is 1. The lowest BCUT2D eigenvalue weighted by Crippen LogP contribution is -1.99. The topological polar surface area (TPSA) is 29.4 Å². The van der Waals surface area contributed by atoms with Crippen LogP contribution >= 0.6 is 0 Å². The lowest BCUT2D eigenvalue weighted by Gasteiger charge is -2.03. The second-order valence-corrected chi connectivity index (χ2v) is 4.33. The largest absolute Gasteiger partial charge is 0.151 e. The van der Waals surface area contributed by atoms with E-state index in [2.05, 4.69) is 12.1 Å². The predicted molar refractivity (Wildman–Crippen MR) is 44.2 cm³/mol. The van der Waals surface area contributed by atoms with E-state index in [-0.39, 0.29) is 6.04 Å². The molecule has 2 saturated carbocycles. The normalized spacial score (nSPS) is 49.2. The van der Waals surface area contributed by atoms with Crippen molar-refractivity contribution < 1.29 is 0 Å². The maximum Gasteiger partial charge on any atom is 0.0925 e. The van der Waals surface area contributed by atoms with Crippen LogP contribution in [0.4, 0.5) is 0 Å². The van der Waals surface area contributed by atoms with Crippen molar-refractivity contribution in [2.45, 2.75) is 38.6 Å². The van der Waals surface area contributed by atoms with Crippen molar-refractivity contribution in [3.05, 3.63) is 4.91 Å². The lowest BCUT2D eigenvalue weighted by molar-refractivity contribution is 0.457. The first kappa shape index (κ1) is 7.26. The number of rotatable bonds is 1. The molecule has 2 nitrogen and oxygen atoms in total. The van der Waals surface area contributed by atoms with Crippen LogP contribution in [0.15, 0.2) is 5.18 Å². The van der Waals surface area contributed by atoms with Gasteiger partial charge in [-0.05, 0) is 43.4 Å². The van der Waals surface area contributed by atoms with E-state index in [1.54, 1.807) is 0 Å². The minimum atomic E-state index is 0.164. The summed E-state index contributed by atoms with van der Waals surface area (Å²) in [5, 5.41) is 3.15. The fourth-order valence-electron chi connectivity index (χ4n) is 2.97. The van der Waals surface area contributed by atoms with Crippen molar-refractivity contribution in [2.24, 2.45) is 22.9 Å². The summed E-state index contributed by atoms with van der Waals surface area (Å²) in [5.74, 6) is 2.58. The summed E-state index contributed by atoms with van der Waals surface area (Å²) in [4.78, 5) is 10.3. The Bertz CT molecular complexity index is 155. The summed E-state index contributed by atoms with van der Waals surface area (Å²) in [6, 6.07) is 0.164. The van der Waals surface area contributed by atoms with Gasteiger partial charge < -0.3 is 0 Å². The lowest BCUT2D eigenvalue weighted by atomic mass is 10.0. The molecule has 2 fully saturated rings. The molecule has 2 unspecified atom stereocenters. The molecule has 0 aliphatic heterocycles. The van der Waals surface area contributed by atoms with Gasteiger partial charge in [0.05, 0.1) is 6.04 Å². The number of nitroso groups, excluding NO2 is 1. The third-order valence-electron chi connectivity index (χ3n) is 3.38. The third-order valence-corrected chi connectivity index (χ3v) is 3.38. The molecule has 0 saturated heterocycles.